The van der Waals surface area contributed by atoms with Crippen LogP contribution in [0.15, 0.2) is 49.0 Å². The van der Waals surface area contributed by atoms with Gasteiger partial charge in [0.1, 0.15) is 23.9 Å². The molecule has 9 nitrogen and oxygen atoms in total. The van der Waals surface area contributed by atoms with Gasteiger partial charge in [0.2, 0.25) is 5.91 Å². The van der Waals surface area contributed by atoms with Gasteiger partial charge in [0.25, 0.3) is 5.92 Å². The van der Waals surface area contributed by atoms with E-state index in [1.165, 1.54) is 11.3 Å². The van der Waals surface area contributed by atoms with Gasteiger partial charge in [-0.2, -0.15) is 32.0 Å². The van der Waals surface area contributed by atoms with E-state index >= 15 is 8.78 Å². The van der Waals surface area contributed by atoms with Gasteiger partial charge in [-0.1, -0.05) is 36.1 Å². The number of fused-ring (bicyclic) bond motifs is 5. The predicted molar refractivity (Wildman–Crippen MR) is 184 cm³/mol. The summed E-state index contributed by atoms with van der Waals surface area (Å²) in [7, 11) is 0. The molecule has 3 aromatic heterocycles. The molecule has 0 bridgehead atoms. The van der Waals surface area contributed by atoms with Crippen molar-refractivity contribution in [3.63, 3.8) is 0 Å². The Hall–Kier alpha value is -5.03. The monoisotopic (exact) mass is 769 g/mol. The van der Waals surface area contributed by atoms with Crippen molar-refractivity contribution in [2.24, 2.45) is 5.92 Å². The number of carbonyl (C=O) groups is 1. The quantitative estimate of drug-likeness (QED) is 0.149. The highest BCUT2D eigenvalue weighted by atomic mass is 32.1. The lowest BCUT2D eigenvalue weighted by Gasteiger charge is -2.43. The molecular weight excluding hydrogens is 740 g/mol. The Kier molecular flexibility index (Phi) is 7.54. The largest absolute Gasteiger partial charge is 0.435 e. The number of thiazole rings is 1. The summed E-state index contributed by atoms with van der Waals surface area (Å²) in [5.74, 6) is -8.65. The van der Waals surface area contributed by atoms with Crippen LogP contribution in [0.25, 0.3) is 27.2 Å². The Morgan fingerprint density at radius 3 is 2.54 bits per heavy atom. The third-order valence-electron chi connectivity index (χ3n) is 10.5. The Morgan fingerprint density at radius 1 is 1.11 bits per heavy atom. The molecule has 280 valence electrons. The first kappa shape index (κ1) is 34.7. The third kappa shape index (κ3) is 5.70. The second kappa shape index (κ2) is 11.7. The van der Waals surface area contributed by atoms with Crippen LogP contribution >= 0.6 is 11.3 Å². The zero-order valence-corrected chi connectivity index (χ0v) is 29.2. The van der Waals surface area contributed by atoms with Crippen LogP contribution in [0.1, 0.15) is 64.6 Å². The summed E-state index contributed by atoms with van der Waals surface area (Å²) in [5.41, 5.74) is 0.385. The zero-order chi connectivity index (χ0) is 38.1. The SMILES string of the molecule is C=C1NCc2c1cccc2-c1cc2sc(N3CC(C)(O)C3)nc2nc1[C@H](Cc1cc(F)cc(F)c1)NC(=O)Cn1nc(C(F)(F)F)c2c1C(F)(F)[C@@H]1C[C@H]21. The van der Waals surface area contributed by atoms with Gasteiger partial charge in [-0.25, -0.2) is 13.8 Å². The van der Waals surface area contributed by atoms with Crippen molar-refractivity contribution in [3.05, 3.63) is 100 Å². The first-order valence-corrected chi connectivity index (χ1v) is 17.9. The number of amides is 1. The van der Waals surface area contributed by atoms with Crippen molar-refractivity contribution in [1.29, 1.82) is 0 Å². The molecule has 0 unspecified atom stereocenters. The Balaban J connectivity index is 1.16. The molecule has 2 aliphatic carbocycles. The molecule has 1 amide bonds. The molecule has 1 saturated heterocycles. The van der Waals surface area contributed by atoms with Crippen LogP contribution in [0.4, 0.5) is 35.9 Å². The van der Waals surface area contributed by atoms with Gasteiger partial charge in [0.05, 0.1) is 35.1 Å². The standard InChI is InChI=1S/C37H30F7N7O2S/c1-16-20-4-3-5-21(24(20)12-45-16)22-11-27-33(48-34(54-27)50-14-35(2,53)15-50)47-30(22)26(8-17-6-18(38)9-19(39)7-17)46-28(52)13-51-32-29(31(49-51)37(42,43)44)23-10-25(23)36(32,40)41/h3-7,9,11,23,25-26,45,53H,1,8,10,12-15H2,2H3,(H,46,52)/t23-,25+,26-/m0/s1. The maximum Gasteiger partial charge on any atom is 0.435 e. The number of aromatic nitrogens is 4. The smallest absolute Gasteiger partial charge is 0.386 e. The normalized spacial score (nSPS) is 21.0. The van der Waals surface area contributed by atoms with Crippen molar-refractivity contribution in [1.82, 2.24) is 30.4 Å². The summed E-state index contributed by atoms with van der Waals surface area (Å²) < 4.78 is 103. The number of hydrogen-bond acceptors (Lipinski definition) is 8. The van der Waals surface area contributed by atoms with Crippen LogP contribution < -0.4 is 15.5 Å². The maximum absolute atomic E-state index is 15.4. The molecule has 4 aliphatic rings. The third-order valence-corrected chi connectivity index (χ3v) is 11.6. The Bertz CT molecular complexity index is 2400. The van der Waals surface area contributed by atoms with E-state index in [0.29, 0.717) is 57.0 Å². The van der Waals surface area contributed by atoms with Crippen molar-refractivity contribution in [2.45, 2.75) is 62.5 Å². The highest BCUT2D eigenvalue weighted by Gasteiger charge is 2.68. The van der Waals surface area contributed by atoms with Crippen LogP contribution in [-0.2, 0) is 36.4 Å². The lowest BCUT2D eigenvalue weighted by atomic mass is 9.91. The van der Waals surface area contributed by atoms with Gasteiger partial charge in [0, 0.05) is 40.9 Å². The summed E-state index contributed by atoms with van der Waals surface area (Å²) in [6.45, 7) is 5.88. The second-order valence-corrected chi connectivity index (χ2v) is 15.7. The number of rotatable bonds is 8. The minimum atomic E-state index is -5.02. The number of hydrogen-bond donors (Lipinski definition) is 3. The zero-order valence-electron chi connectivity index (χ0n) is 28.4. The van der Waals surface area contributed by atoms with E-state index < -0.39 is 76.6 Å². The molecule has 2 aliphatic heterocycles. The van der Waals surface area contributed by atoms with Gasteiger partial charge in [-0.15, -0.1) is 0 Å². The fourth-order valence-corrected chi connectivity index (χ4v) is 9.09. The first-order valence-electron chi connectivity index (χ1n) is 17.1. The number of benzene rings is 2. The van der Waals surface area contributed by atoms with Crippen LogP contribution in [0.3, 0.4) is 0 Å². The molecule has 0 radical (unpaired) electrons. The molecule has 9 rings (SSSR count). The van der Waals surface area contributed by atoms with Gasteiger partial charge >= 0.3 is 6.18 Å². The number of nitrogens with zero attached hydrogens (tertiary/aromatic N) is 5. The van der Waals surface area contributed by atoms with Crippen LogP contribution in [-0.4, -0.2) is 49.5 Å². The van der Waals surface area contributed by atoms with Gasteiger partial charge < -0.3 is 20.6 Å². The minimum absolute atomic E-state index is 0.106. The van der Waals surface area contributed by atoms with Gasteiger partial charge in [-0.05, 0) is 60.6 Å². The molecule has 1 saturated carbocycles. The van der Waals surface area contributed by atoms with E-state index in [-0.39, 0.29) is 29.7 Å². The van der Waals surface area contributed by atoms with E-state index in [1.54, 1.807) is 6.92 Å². The summed E-state index contributed by atoms with van der Waals surface area (Å²) in [4.78, 5) is 25.4. The summed E-state index contributed by atoms with van der Waals surface area (Å²) in [5, 5.41) is 20.4. The molecule has 54 heavy (non-hydrogen) atoms. The lowest BCUT2D eigenvalue weighted by Crippen LogP contribution is -2.60. The number of nitrogens with one attached hydrogen (secondary N) is 2. The van der Waals surface area contributed by atoms with E-state index in [0.717, 1.165) is 23.3 Å². The number of β-amino-alcohol motifs (C(OH)–C–C–N with tert-alkyl or cyclic N) is 1. The maximum atomic E-state index is 15.4. The number of anilines is 1. The first-order chi connectivity index (χ1) is 25.5. The summed E-state index contributed by atoms with van der Waals surface area (Å²) >= 11 is 1.33. The second-order valence-electron chi connectivity index (χ2n) is 14.7. The average molecular weight is 770 g/mol. The topological polar surface area (TPSA) is 108 Å². The van der Waals surface area contributed by atoms with Gasteiger partial charge in [0.15, 0.2) is 16.5 Å². The fourth-order valence-electron chi connectivity index (χ4n) is 8.15. The number of carbonyl (C=O) groups excluding carboxylic acids is 1. The summed E-state index contributed by atoms with van der Waals surface area (Å²) in [6.07, 6.45) is -5.37. The van der Waals surface area contributed by atoms with Crippen LogP contribution in [0, 0.1) is 17.6 Å². The highest BCUT2D eigenvalue weighted by molar-refractivity contribution is 7.22. The molecule has 17 heteroatoms. The van der Waals surface area contributed by atoms with E-state index in [1.807, 2.05) is 29.2 Å². The minimum Gasteiger partial charge on any atom is -0.386 e. The predicted octanol–water partition coefficient (Wildman–Crippen LogP) is 6.81. The number of aliphatic hydroxyl groups is 1. The number of pyridine rings is 1. The summed E-state index contributed by atoms with van der Waals surface area (Å²) in [6, 6.07) is 9.03. The van der Waals surface area contributed by atoms with E-state index in [9.17, 15) is 31.9 Å². The van der Waals surface area contributed by atoms with E-state index in [4.69, 9.17) is 9.97 Å². The lowest BCUT2D eigenvalue weighted by molar-refractivity contribution is -0.142. The average Bonchev–Trinajstić information content (AvgIpc) is 3.31. The molecule has 2 aromatic carbocycles. The van der Waals surface area contributed by atoms with Crippen molar-refractivity contribution >= 4 is 38.4 Å². The van der Waals surface area contributed by atoms with Crippen molar-refractivity contribution in [3.8, 4) is 11.1 Å². The van der Waals surface area contributed by atoms with Crippen LogP contribution in [0.5, 0.6) is 0 Å². The van der Waals surface area contributed by atoms with E-state index in [2.05, 4.69) is 22.3 Å². The highest BCUT2D eigenvalue weighted by Crippen LogP contribution is 2.68. The molecule has 2 fully saturated rings. The van der Waals surface area contributed by atoms with Crippen LogP contribution in [0.2, 0.25) is 0 Å². The van der Waals surface area contributed by atoms with Crippen molar-refractivity contribution < 1.29 is 40.6 Å². The molecule has 5 heterocycles. The molecule has 3 atom stereocenters. The van der Waals surface area contributed by atoms with Gasteiger partial charge in [-0.3, -0.25) is 9.48 Å². The molecule has 5 aromatic rings. The Labute approximate surface area is 306 Å². The fraction of sp³-hybridized carbons (Fsp3) is 0.351. The molecule has 3 N–H and O–H groups in total. The number of alkyl halides is 5. The van der Waals surface area contributed by atoms with Crippen molar-refractivity contribution in [2.75, 3.05) is 18.0 Å². The Morgan fingerprint density at radius 2 is 1.83 bits per heavy atom. The molecular formula is C37H30F7N7O2S. The number of halogens is 7. The molecule has 0 spiro atoms.